The third kappa shape index (κ3) is 2.77. The number of benzene rings is 1. The van der Waals surface area contributed by atoms with Crippen LogP contribution in [0.2, 0.25) is 0 Å². The lowest BCUT2D eigenvalue weighted by Gasteiger charge is -2.28. The maximum absolute atomic E-state index is 12.5. The molecular weight excluding hydrogens is 326 g/mol. The number of allylic oxidation sites excluding steroid dienone is 3. The zero-order valence-electron chi connectivity index (χ0n) is 14.5. The van der Waals surface area contributed by atoms with Crippen LogP contribution in [-0.2, 0) is 4.79 Å². The van der Waals surface area contributed by atoms with Crippen LogP contribution in [0.15, 0.2) is 76.5 Å². The molecule has 0 bridgehead atoms. The number of fused-ring (bicyclic) bond motifs is 2. The van der Waals surface area contributed by atoms with E-state index in [9.17, 15) is 9.59 Å². The number of rotatable bonds is 1. The molecule has 2 heterocycles. The third-order valence-corrected chi connectivity index (χ3v) is 4.80. The van der Waals surface area contributed by atoms with Gasteiger partial charge in [-0.3, -0.25) is 9.59 Å². The van der Waals surface area contributed by atoms with E-state index in [2.05, 4.69) is 15.3 Å². The maximum Gasteiger partial charge on any atom is 0.296 e. The fourth-order valence-corrected chi connectivity index (χ4v) is 3.15. The van der Waals surface area contributed by atoms with Crippen LogP contribution in [0, 0.1) is 5.92 Å². The van der Waals surface area contributed by atoms with E-state index < -0.39 is 5.91 Å². The van der Waals surface area contributed by atoms with Gasteiger partial charge in [0.15, 0.2) is 0 Å². The Morgan fingerprint density at radius 2 is 1.96 bits per heavy atom. The average Bonchev–Trinajstić information content (AvgIpc) is 2.65. The van der Waals surface area contributed by atoms with Crippen LogP contribution in [0.3, 0.4) is 0 Å². The van der Waals surface area contributed by atoms with Gasteiger partial charge in [-0.05, 0) is 38.1 Å². The van der Waals surface area contributed by atoms with Crippen molar-refractivity contribution < 1.29 is 9.59 Å². The molecule has 1 aliphatic heterocycles. The number of nitrogens with one attached hydrogen (secondary N) is 1. The van der Waals surface area contributed by atoms with Crippen molar-refractivity contribution in [3.8, 4) is 0 Å². The van der Waals surface area contributed by atoms with Gasteiger partial charge in [-0.1, -0.05) is 35.9 Å². The van der Waals surface area contributed by atoms with Gasteiger partial charge in [0.05, 0.1) is 11.2 Å². The van der Waals surface area contributed by atoms with Crippen molar-refractivity contribution in [2.45, 2.75) is 13.8 Å². The monoisotopic (exact) mass is 343 g/mol. The minimum Gasteiger partial charge on any atom is -0.325 e. The number of carbonyl (C=O) groups is 2. The Hall–Kier alpha value is -3.34. The van der Waals surface area contributed by atoms with Crippen LogP contribution in [0.4, 0.5) is 0 Å². The van der Waals surface area contributed by atoms with Crippen molar-refractivity contribution in [3.63, 3.8) is 0 Å². The summed E-state index contributed by atoms with van der Waals surface area (Å²) in [7, 11) is 0. The molecule has 0 spiro atoms. The third-order valence-electron chi connectivity index (χ3n) is 4.80. The highest BCUT2D eigenvalue weighted by Gasteiger charge is 2.27. The molecule has 4 rings (SSSR count). The molecule has 2 aliphatic rings. The molecule has 1 atom stereocenters. The first-order valence-corrected chi connectivity index (χ1v) is 8.40. The Morgan fingerprint density at radius 3 is 2.81 bits per heavy atom. The van der Waals surface area contributed by atoms with Gasteiger partial charge in [0.25, 0.3) is 11.8 Å². The molecule has 1 aromatic heterocycles. The van der Waals surface area contributed by atoms with E-state index in [0.29, 0.717) is 11.4 Å². The van der Waals surface area contributed by atoms with Crippen molar-refractivity contribution in [2.75, 3.05) is 0 Å². The molecule has 5 heteroatoms. The number of nitrogens with zero attached hydrogens (tertiary/aromatic N) is 2. The van der Waals surface area contributed by atoms with Gasteiger partial charge in [0, 0.05) is 22.6 Å². The molecule has 2 aromatic rings. The number of amides is 2. The Labute approximate surface area is 150 Å². The number of aliphatic imine (C=N–C) groups is 1. The summed E-state index contributed by atoms with van der Waals surface area (Å²) in [5, 5.41) is 3.84. The Morgan fingerprint density at radius 1 is 1.15 bits per heavy atom. The molecular formula is C21H17N3O2. The summed E-state index contributed by atoms with van der Waals surface area (Å²) in [5.41, 5.74) is 4.05. The molecule has 0 saturated heterocycles. The predicted octanol–water partition coefficient (Wildman–Crippen LogP) is 3.35. The fourth-order valence-electron chi connectivity index (χ4n) is 3.15. The van der Waals surface area contributed by atoms with Crippen LogP contribution in [-0.4, -0.2) is 22.5 Å². The zero-order valence-corrected chi connectivity index (χ0v) is 14.5. The first kappa shape index (κ1) is 16.1. The fraction of sp³-hybridized carbons (Fsp3) is 0.143. The van der Waals surface area contributed by atoms with Crippen LogP contribution in [0.1, 0.15) is 24.3 Å². The van der Waals surface area contributed by atoms with E-state index in [1.54, 1.807) is 18.2 Å². The Kier molecular flexibility index (Phi) is 3.84. The van der Waals surface area contributed by atoms with E-state index in [1.807, 2.05) is 50.3 Å². The first-order chi connectivity index (χ1) is 12.5. The predicted molar refractivity (Wildman–Crippen MR) is 101 cm³/mol. The molecule has 5 nitrogen and oxygen atoms in total. The van der Waals surface area contributed by atoms with Gasteiger partial charge in [-0.2, -0.15) is 0 Å². The molecule has 0 saturated carbocycles. The van der Waals surface area contributed by atoms with Crippen molar-refractivity contribution in [1.82, 2.24) is 10.3 Å². The second-order valence-corrected chi connectivity index (χ2v) is 6.43. The number of hydrogen-bond donors (Lipinski definition) is 1. The summed E-state index contributed by atoms with van der Waals surface area (Å²) < 4.78 is 0. The summed E-state index contributed by atoms with van der Waals surface area (Å²) >= 11 is 0. The minimum absolute atomic E-state index is 0.0283. The quantitative estimate of drug-likeness (QED) is 0.863. The van der Waals surface area contributed by atoms with Gasteiger partial charge in [-0.15, -0.1) is 0 Å². The minimum atomic E-state index is -0.406. The molecule has 1 aromatic carbocycles. The summed E-state index contributed by atoms with van der Waals surface area (Å²) in [4.78, 5) is 33.0. The van der Waals surface area contributed by atoms with Crippen LogP contribution in [0.5, 0.6) is 0 Å². The molecule has 0 fully saturated rings. The van der Waals surface area contributed by atoms with Crippen LogP contribution < -0.4 is 5.32 Å². The number of hydrogen-bond acceptors (Lipinski definition) is 3. The van der Waals surface area contributed by atoms with Crippen molar-refractivity contribution in [1.29, 1.82) is 0 Å². The van der Waals surface area contributed by atoms with E-state index in [-0.39, 0.29) is 11.8 Å². The van der Waals surface area contributed by atoms with Crippen LogP contribution >= 0.6 is 0 Å². The van der Waals surface area contributed by atoms with E-state index in [1.165, 1.54) is 0 Å². The average molecular weight is 343 g/mol. The maximum atomic E-state index is 12.5. The number of carbonyl (C=O) groups excluding carboxylic acids is 2. The highest BCUT2D eigenvalue weighted by atomic mass is 16.2. The second-order valence-electron chi connectivity index (χ2n) is 6.43. The summed E-state index contributed by atoms with van der Waals surface area (Å²) in [6.45, 7) is 3.76. The Bertz CT molecular complexity index is 1070. The molecule has 1 N–H and O–H groups in total. The number of aromatic nitrogens is 1. The van der Waals surface area contributed by atoms with E-state index in [0.717, 1.165) is 27.7 Å². The van der Waals surface area contributed by atoms with Gasteiger partial charge >= 0.3 is 0 Å². The number of para-hydroxylation sites is 1. The highest BCUT2D eigenvalue weighted by Crippen LogP contribution is 2.29. The summed E-state index contributed by atoms with van der Waals surface area (Å²) in [6, 6.07) is 11.2. The number of pyridine rings is 1. The largest absolute Gasteiger partial charge is 0.325 e. The lowest BCUT2D eigenvalue weighted by molar-refractivity contribution is -0.117. The topological polar surface area (TPSA) is 71.4 Å². The lowest BCUT2D eigenvalue weighted by atomic mass is 9.85. The van der Waals surface area contributed by atoms with Crippen LogP contribution in [0.25, 0.3) is 10.9 Å². The van der Waals surface area contributed by atoms with Crippen molar-refractivity contribution >= 4 is 28.4 Å². The standard InChI is InChI=1S/C21H17N3O2/c1-12-13(2)20(25)24-19-11-15(8-9-16(12)19)22-21(26)18-10-7-14-5-3-4-6-17(14)23-18/h3-11,16H,1-2H3,(H,24,25). The Balaban J connectivity index is 1.64. The van der Waals surface area contributed by atoms with Gasteiger partial charge in [-0.25, -0.2) is 9.98 Å². The lowest BCUT2D eigenvalue weighted by Crippen LogP contribution is -2.35. The normalized spacial score (nSPS) is 20.8. The summed E-state index contributed by atoms with van der Waals surface area (Å²) in [6.07, 6.45) is 5.51. The molecule has 26 heavy (non-hydrogen) atoms. The van der Waals surface area contributed by atoms with Gasteiger partial charge < -0.3 is 5.32 Å². The van der Waals surface area contributed by atoms with E-state index >= 15 is 0 Å². The van der Waals surface area contributed by atoms with Gasteiger partial charge in [0.1, 0.15) is 5.69 Å². The molecule has 0 radical (unpaired) electrons. The SMILES string of the molecule is CC1=C(C)C2C=CC(=NC(=O)c3ccc4ccccc4n3)C=C2NC1=O. The molecule has 1 unspecified atom stereocenters. The molecule has 128 valence electrons. The van der Waals surface area contributed by atoms with Crippen molar-refractivity contribution in [3.05, 3.63) is 77.2 Å². The second kappa shape index (κ2) is 6.19. The molecule has 2 amide bonds. The highest BCUT2D eigenvalue weighted by molar-refractivity contribution is 6.14. The zero-order chi connectivity index (χ0) is 18.3. The first-order valence-electron chi connectivity index (χ1n) is 8.40. The molecule has 1 aliphatic carbocycles. The van der Waals surface area contributed by atoms with E-state index in [4.69, 9.17) is 0 Å². The van der Waals surface area contributed by atoms with Crippen molar-refractivity contribution in [2.24, 2.45) is 10.9 Å². The van der Waals surface area contributed by atoms with Gasteiger partial charge in [0.2, 0.25) is 0 Å². The summed E-state index contributed by atoms with van der Waals surface area (Å²) in [5.74, 6) is -0.487. The smallest absolute Gasteiger partial charge is 0.296 e.